The molecule has 3 saturated carbocycles. The summed E-state index contributed by atoms with van der Waals surface area (Å²) in [5.74, 6) is 4.27. The van der Waals surface area contributed by atoms with Crippen LogP contribution in [0.25, 0.3) is 0 Å². The van der Waals surface area contributed by atoms with Gasteiger partial charge in [-0.05, 0) is 103 Å². The first-order valence-corrected chi connectivity index (χ1v) is 15.4. The van der Waals surface area contributed by atoms with Gasteiger partial charge in [0, 0.05) is 6.42 Å². The summed E-state index contributed by atoms with van der Waals surface area (Å²) in [6, 6.07) is 5.96. The van der Waals surface area contributed by atoms with Crippen LogP contribution in [0.2, 0.25) is 0 Å². The van der Waals surface area contributed by atoms with Crippen molar-refractivity contribution in [2.45, 2.75) is 111 Å². The van der Waals surface area contributed by atoms with Crippen molar-refractivity contribution in [1.29, 1.82) is 0 Å². The van der Waals surface area contributed by atoms with Crippen LogP contribution in [-0.2, 0) is 4.74 Å². The van der Waals surface area contributed by atoms with E-state index in [0.717, 1.165) is 54.8 Å². The van der Waals surface area contributed by atoms with Gasteiger partial charge in [0.05, 0.1) is 0 Å². The van der Waals surface area contributed by atoms with E-state index in [9.17, 15) is 9.18 Å². The summed E-state index contributed by atoms with van der Waals surface area (Å²) in [4.78, 5) is 12.4. The van der Waals surface area contributed by atoms with E-state index < -0.39 is 12.0 Å². The molecular weight excluding hydrogens is 475 g/mol. The van der Waals surface area contributed by atoms with Crippen molar-refractivity contribution in [3.8, 4) is 5.75 Å². The topological polar surface area (TPSA) is 35.5 Å². The van der Waals surface area contributed by atoms with Gasteiger partial charge in [0.1, 0.15) is 6.10 Å². The molecule has 4 aliphatic carbocycles. The van der Waals surface area contributed by atoms with Crippen LogP contribution in [0.1, 0.15) is 105 Å². The number of hydrogen-bond acceptors (Lipinski definition) is 3. The van der Waals surface area contributed by atoms with Crippen LogP contribution in [0.3, 0.4) is 0 Å². The van der Waals surface area contributed by atoms with E-state index in [1.54, 1.807) is 12.1 Å². The van der Waals surface area contributed by atoms with E-state index in [0.29, 0.717) is 5.41 Å². The summed E-state index contributed by atoms with van der Waals surface area (Å²) < 4.78 is 24.7. The molecule has 0 amide bonds. The van der Waals surface area contributed by atoms with Crippen LogP contribution < -0.4 is 4.74 Å². The molecule has 0 aliphatic heterocycles. The molecule has 210 valence electrons. The third kappa shape index (κ3) is 5.18. The molecule has 0 bridgehead atoms. The average Bonchev–Trinajstić information content (AvgIpc) is 3.23. The Bertz CT molecular complexity index is 1030. The standard InChI is InChI=1S/C34H49FO3/c1-22(2)9-8-10-23(3)27-15-16-28-26-14-13-24-21-25(37-32(36)38-31-12-7-6-11-30(31)35)17-19-33(24,4)29(26)18-20-34(27,28)5/h6-7,11-13,22-23,25-29H,8-10,14-21H2,1-5H3/t23-,25-,26+,27-,28+,29+,33+,34-/m1/s1. The lowest BCUT2D eigenvalue weighted by Gasteiger charge is -2.58. The normalized spacial score (nSPS) is 37.0. The predicted octanol–water partition coefficient (Wildman–Crippen LogP) is 9.75. The number of halogens is 1. The minimum Gasteiger partial charge on any atom is -0.430 e. The zero-order valence-corrected chi connectivity index (χ0v) is 24.3. The van der Waals surface area contributed by atoms with Gasteiger partial charge >= 0.3 is 6.16 Å². The molecule has 5 rings (SSSR count). The zero-order chi connectivity index (χ0) is 27.1. The fourth-order valence-electron chi connectivity index (χ4n) is 9.53. The minimum atomic E-state index is -0.800. The van der Waals surface area contributed by atoms with Gasteiger partial charge in [0.25, 0.3) is 0 Å². The highest BCUT2D eigenvalue weighted by Crippen LogP contribution is 2.67. The highest BCUT2D eigenvalue weighted by Gasteiger charge is 2.59. The Morgan fingerprint density at radius 1 is 1.03 bits per heavy atom. The number of fused-ring (bicyclic) bond motifs is 5. The molecule has 4 aliphatic rings. The number of allylic oxidation sites excluding steroid dienone is 1. The summed E-state index contributed by atoms with van der Waals surface area (Å²) in [6.45, 7) is 12.4. The third-order valence-electron chi connectivity index (χ3n) is 11.6. The molecule has 4 heteroatoms. The molecule has 38 heavy (non-hydrogen) atoms. The van der Waals surface area contributed by atoms with Crippen molar-refractivity contribution >= 4 is 6.16 Å². The molecular formula is C34H49FO3. The van der Waals surface area contributed by atoms with Gasteiger partial charge in [-0.3, -0.25) is 0 Å². The summed E-state index contributed by atoms with van der Waals surface area (Å²) in [5, 5.41) is 0. The lowest BCUT2D eigenvalue weighted by Crippen LogP contribution is -2.51. The largest absolute Gasteiger partial charge is 0.514 e. The molecule has 1 aromatic carbocycles. The first-order valence-electron chi connectivity index (χ1n) is 15.4. The van der Waals surface area contributed by atoms with Gasteiger partial charge in [-0.2, -0.15) is 0 Å². The molecule has 0 radical (unpaired) electrons. The molecule has 0 heterocycles. The van der Waals surface area contributed by atoms with Crippen LogP contribution in [0.15, 0.2) is 35.9 Å². The smallest absolute Gasteiger partial charge is 0.430 e. The van der Waals surface area contributed by atoms with Gasteiger partial charge in [0.2, 0.25) is 0 Å². The van der Waals surface area contributed by atoms with Crippen molar-refractivity contribution in [2.75, 3.05) is 0 Å². The summed E-state index contributed by atoms with van der Waals surface area (Å²) >= 11 is 0. The Hall–Kier alpha value is -1.84. The maximum Gasteiger partial charge on any atom is 0.514 e. The first kappa shape index (κ1) is 27.7. The number of ether oxygens (including phenoxy) is 2. The molecule has 3 fully saturated rings. The van der Waals surface area contributed by atoms with Crippen molar-refractivity contribution in [3.63, 3.8) is 0 Å². The summed E-state index contributed by atoms with van der Waals surface area (Å²) in [7, 11) is 0. The van der Waals surface area contributed by atoms with Crippen molar-refractivity contribution in [3.05, 3.63) is 41.7 Å². The zero-order valence-electron chi connectivity index (χ0n) is 24.3. The van der Waals surface area contributed by atoms with Gasteiger partial charge in [0.15, 0.2) is 11.6 Å². The Labute approximate surface area is 229 Å². The number of benzene rings is 1. The number of para-hydroxylation sites is 1. The highest BCUT2D eigenvalue weighted by molar-refractivity contribution is 5.64. The molecule has 0 N–H and O–H groups in total. The van der Waals surface area contributed by atoms with E-state index in [4.69, 9.17) is 9.47 Å². The number of carbonyl (C=O) groups excluding carboxylic acids is 1. The van der Waals surface area contributed by atoms with Crippen molar-refractivity contribution in [2.24, 2.45) is 46.3 Å². The van der Waals surface area contributed by atoms with Gasteiger partial charge in [-0.25, -0.2) is 9.18 Å². The van der Waals surface area contributed by atoms with E-state index >= 15 is 0 Å². The molecule has 0 spiro atoms. The Balaban J connectivity index is 1.22. The second-order valence-electron chi connectivity index (χ2n) is 14.1. The Morgan fingerprint density at radius 2 is 1.82 bits per heavy atom. The highest BCUT2D eigenvalue weighted by atomic mass is 19.1. The second kappa shape index (κ2) is 11.0. The first-order chi connectivity index (χ1) is 18.1. The van der Waals surface area contributed by atoms with Gasteiger partial charge in [-0.15, -0.1) is 0 Å². The molecule has 0 unspecified atom stereocenters. The van der Waals surface area contributed by atoms with Gasteiger partial charge < -0.3 is 9.47 Å². The maximum absolute atomic E-state index is 13.9. The lowest BCUT2D eigenvalue weighted by molar-refractivity contribution is -0.0597. The van der Waals surface area contributed by atoms with E-state index in [1.165, 1.54) is 69.1 Å². The fraction of sp³-hybridized carbons (Fsp3) is 0.735. The van der Waals surface area contributed by atoms with Crippen LogP contribution in [0.5, 0.6) is 5.75 Å². The van der Waals surface area contributed by atoms with Crippen molar-refractivity contribution < 1.29 is 18.7 Å². The van der Waals surface area contributed by atoms with Crippen LogP contribution in [0, 0.1) is 52.2 Å². The van der Waals surface area contributed by atoms with Crippen molar-refractivity contribution in [1.82, 2.24) is 0 Å². The van der Waals surface area contributed by atoms with Crippen LogP contribution in [-0.4, -0.2) is 12.3 Å². The van der Waals surface area contributed by atoms with E-state index in [2.05, 4.69) is 40.7 Å². The molecule has 3 nitrogen and oxygen atoms in total. The minimum absolute atomic E-state index is 0.0766. The monoisotopic (exact) mass is 524 g/mol. The Kier molecular flexibility index (Phi) is 8.00. The third-order valence-corrected chi connectivity index (χ3v) is 11.6. The van der Waals surface area contributed by atoms with E-state index in [1.807, 2.05) is 0 Å². The number of carbonyl (C=O) groups is 1. The summed E-state index contributed by atoms with van der Waals surface area (Å²) in [6.07, 6.45) is 15.0. The molecule has 1 aromatic rings. The van der Waals surface area contributed by atoms with Crippen LogP contribution in [0.4, 0.5) is 9.18 Å². The summed E-state index contributed by atoms with van der Waals surface area (Å²) in [5.41, 5.74) is 2.19. The Morgan fingerprint density at radius 3 is 2.58 bits per heavy atom. The quantitative estimate of drug-likeness (QED) is 0.202. The van der Waals surface area contributed by atoms with E-state index in [-0.39, 0.29) is 17.3 Å². The fourth-order valence-corrected chi connectivity index (χ4v) is 9.53. The number of rotatable bonds is 7. The molecule has 8 atom stereocenters. The molecule has 0 aromatic heterocycles. The predicted molar refractivity (Wildman–Crippen MR) is 150 cm³/mol. The van der Waals surface area contributed by atoms with Gasteiger partial charge in [-0.1, -0.05) is 77.7 Å². The maximum atomic E-state index is 13.9. The van der Waals surface area contributed by atoms with Crippen LogP contribution >= 0.6 is 0 Å². The number of hydrogen-bond donors (Lipinski definition) is 0. The lowest BCUT2D eigenvalue weighted by atomic mass is 9.47. The average molecular weight is 525 g/mol. The molecule has 0 saturated heterocycles. The SMILES string of the molecule is CC(C)CCC[C@@H](C)[C@H]1CC[C@H]2[C@@H]3CC=C4C[C@H](OC(=O)Oc5ccccc5F)CC[C@]4(C)[C@H]3CC[C@]12C. The second-order valence-corrected chi connectivity index (χ2v) is 14.1.